The Hall–Kier alpha value is -0.430. The Morgan fingerprint density at radius 2 is 1.89 bits per heavy atom. The van der Waals surface area contributed by atoms with Gasteiger partial charge >= 0.3 is 0 Å². The van der Waals surface area contributed by atoms with Crippen LogP contribution in [0.3, 0.4) is 0 Å². The van der Waals surface area contributed by atoms with Crippen LogP contribution in [-0.4, -0.2) is 49.6 Å². The van der Waals surface area contributed by atoms with Gasteiger partial charge < -0.3 is 0 Å². The van der Waals surface area contributed by atoms with Gasteiger partial charge in [-0.3, -0.25) is 4.90 Å². The molecule has 1 aromatic rings. The fourth-order valence-electron chi connectivity index (χ4n) is 2.50. The molecule has 0 spiro atoms. The molecule has 1 aliphatic rings. The Bertz CT molecular complexity index is 530. The maximum Gasteiger partial charge on any atom is 0.211 e. The molecule has 1 fully saturated rings. The van der Waals surface area contributed by atoms with Gasteiger partial charge in [-0.25, -0.2) is 8.42 Å². The van der Waals surface area contributed by atoms with Crippen LogP contribution in [-0.2, 0) is 16.6 Å². The lowest BCUT2D eigenvalue weighted by Gasteiger charge is -2.38. The third-order valence-electron chi connectivity index (χ3n) is 3.40. The fraction of sp³-hybridized carbons (Fsp3) is 0.538. The Labute approximate surface area is 123 Å². The molecule has 1 aromatic carbocycles. The lowest BCUT2D eigenvalue weighted by Crippen LogP contribution is -2.53. The lowest BCUT2D eigenvalue weighted by molar-refractivity contribution is 0.138. The number of hydrogen-bond acceptors (Lipinski definition) is 3. The van der Waals surface area contributed by atoms with Gasteiger partial charge in [0.2, 0.25) is 10.0 Å². The van der Waals surface area contributed by atoms with E-state index >= 15 is 0 Å². The SMILES string of the molecule is C[C@H]1CN(Cc2ccc(Br)cc2)CCN1S(C)(=O)=O. The Kier molecular flexibility index (Phi) is 4.66. The molecule has 106 valence electrons. The van der Waals surface area contributed by atoms with Gasteiger partial charge in [0.25, 0.3) is 0 Å². The summed E-state index contributed by atoms with van der Waals surface area (Å²) in [5.74, 6) is 0. The van der Waals surface area contributed by atoms with E-state index in [1.807, 2.05) is 19.1 Å². The first-order valence-corrected chi connectivity index (χ1v) is 8.94. The van der Waals surface area contributed by atoms with E-state index in [9.17, 15) is 8.42 Å². The molecule has 0 saturated carbocycles. The molecule has 2 rings (SSSR count). The summed E-state index contributed by atoms with van der Waals surface area (Å²) in [4.78, 5) is 2.30. The molecule has 0 aromatic heterocycles. The summed E-state index contributed by atoms with van der Waals surface area (Å²) < 4.78 is 25.9. The molecule has 6 heteroatoms. The highest BCUT2D eigenvalue weighted by molar-refractivity contribution is 9.10. The van der Waals surface area contributed by atoms with Crippen LogP contribution in [0.1, 0.15) is 12.5 Å². The standard InChI is InChI=1S/C13H19BrN2O2S/c1-11-9-15(7-8-16(11)19(2,17)18)10-12-3-5-13(14)6-4-12/h3-6,11H,7-10H2,1-2H3/t11-/m0/s1. The zero-order valence-electron chi connectivity index (χ0n) is 11.2. The van der Waals surface area contributed by atoms with Crippen molar-refractivity contribution in [2.24, 2.45) is 0 Å². The predicted octanol–water partition coefficient (Wildman–Crippen LogP) is 1.91. The van der Waals surface area contributed by atoms with Gasteiger partial charge in [0.15, 0.2) is 0 Å². The van der Waals surface area contributed by atoms with E-state index in [2.05, 4.69) is 33.0 Å². The summed E-state index contributed by atoms with van der Waals surface area (Å²) in [6, 6.07) is 8.30. The summed E-state index contributed by atoms with van der Waals surface area (Å²) in [5.41, 5.74) is 1.25. The highest BCUT2D eigenvalue weighted by Crippen LogP contribution is 2.17. The number of benzene rings is 1. The number of hydrogen-bond donors (Lipinski definition) is 0. The maximum absolute atomic E-state index is 11.6. The largest absolute Gasteiger partial charge is 0.296 e. The van der Waals surface area contributed by atoms with Gasteiger partial charge in [0.1, 0.15) is 0 Å². The van der Waals surface area contributed by atoms with Crippen molar-refractivity contribution in [1.29, 1.82) is 0 Å². The van der Waals surface area contributed by atoms with Crippen molar-refractivity contribution >= 4 is 26.0 Å². The zero-order chi connectivity index (χ0) is 14.0. The quantitative estimate of drug-likeness (QED) is 0.839. The molecule has 0 amide bonds. The van der Waals surface area contributed by atoms with E-state index < -0.39 is 10.0 Å². The maximum atomic E-state index is 11.6. The van der Waals surface area contributed by atoms with Crippen LogP contribution in [0.25, 0.3) is 0 Å². The molecule has 0 radical (unpaired) electrons. The van der Waals surface area contributed by atoms with E-state index in [-0.39, 0.29) is 6.04 Å². The van der Waals surface area contributed by atoms with Crippen LogP contribution in [0.5, 0.6) is 0 Å². The third kappa shape index (κ3) is 4.02. The summed E-state index contributed by atoms with van der Waals surface area (Å²) in [6.45, 7) is 4.98. The first kappa shape index (κ1) is 15.0. The second-order valence-corrected chi connectivity index (χ2v) is 7.94. The monoisotopic (exact) mass is 346 g/mol. The van der Waals surface area contributed by atoms with Crippen LogP contribution in [0.4, 0.5) is 0 Å². The van der Waals surface area contributed by atoms with Crippen molar-refractivity contribution < 1.29 is 8.42 Å². The average molecular weight is 347 g/mol. The minimum atomic E-state index is -3.08. The van der Waals surface area contributed by atoms with Crippen LogP contribution in [0.2, 0.25) is 0 Å². The highest BCUT2D eigenvalue weighted by atomic mass is 79.9. The van der Waals surface area contributed by atoms with Crippen LogP contribution in [0.15, 0.2) is 28.7 Å². The third-order valence-corrected chi connectivity index (χ3v) is 5.32. The summed E-state index contributed by atoms with van der Waals surface area (Å²) in [6.07, 6.45) is 1.29. The molecular formula is C13H19BrN2O2S. The molecule has 0 aliphatic carbocycles. The van der Waals surface area contributed by atoms with Crippen LogP contribution in [0, 0.1) is 0 Å². The molecule has 1 heterocycles. The minimum Gasteiger partial charge on any atom is -0.296 e. The topological polar surface area (TPSA) is 40.6 Å². The van der Waals surface area contributed by atoms with E-state index in [1.54, 1.807) is 4.31 Å². The second-order valence-electron chi connectivity index (χ2n) is 5.08. The van der Waals surface area contributed by atoms with Crippen molar-refractivity contribution in [3.63, 3.8) is 0 Å². The molecule has 1 aliphatic heterocycles. The number of piperazine rings is 1. The molecule has 4 nitrogen and oxygen atoms in total. The molecule has 0 bridgehead atoms. The van der Waals surface area contributed by atoms with Gasteiger partial charge in [-0.05, 0) is 24.6 Å². The van der Waals surface area contributed by atoms with Crippen molar-refractivity contribution in [1.82, 2.24) is 9.21 Å². The van der Waals surface area contributed by atoms with Crippen molar-refractivity contribution in [3.05, 3.63) is 34.3 Å². The van der Waals surface area contributed by atoms with Crippen molar-refractivity contribution in [2.45, 2.75) is 19.5 Å². The summed E-state index contributed by atoms with van der Waals surface area (Å²) in [5, 5.41) is 0. The van der Waals surface area contributed by atoms with E-state index in [1.165, 1.54) is 11.8 Å². The number of halogens is 1. The summed E-state index contributed by atoms with van der Waals surface area (Å²) in [7, 11) is -3.08. The normalized spacial score (nSPS) is 22.6. The molecule has 1 saturated heterocycles. The van der Waals surface area contributed by atoms with Gasteiger partial charge in [0.05, 0.1) is 6.26 Å². The minimum absolute atomic E-state index is 0.0409. The predicted molar refractivity (Wildman–Crippen MR) is 80.4 cm³/mol. The number of rotatable bonds is 3. The molecule has 0 unspecified atom stereocenters. The first-order valence-electron chi connectivity index (χ1n) is 6.30. The molecule has 1 atom stereocenters. The van der Waals surface area contributed by atoms with Crippen molar-refractivity contribution in [3.8, 4) is 0 Å². The molecule has 0 N–H and O–H groups in total. The summed E-state index contributed by atoms with van der Waals surface area (Å²) >= 11 is 3.42. The second kappa shape index (κ2) is 5.91. The van der Waals surface area contributed by atoms with Gasteiger partial charge in [0, 0.05) is 36.7 Å². The Morgan fingerprint density at radius 3 is 2.42 bits per heavy atom. The molecular weight excluding hydrogens is 328 g/mol. The fourth-order valence-corrected chi connectivity index (χ4v) is 3.90. The van der Waals surface area contributed by atoms with Gasteiger partial charge in [-0.1, -0.05) is 28.1 Å². The lowest BCUT2D eigenvalue weighted by atomic mass is 10.1. The highest BCUT2D eigenvalue weighted by Gasteiger charge is 2.29. The van der Waals surface area contributed by atoms with Crippen LogP contribution < -0.4 is 0 Å². The Morgan fingerprint density at radius 1 is 1.26 bits per heavy atom. The first-order chi connectivity index (χ1) is 8.86. The molecule has 19 heavy (non-hydrogen) atoms. The van der Waals surface area contributed by atoms with Crippen LogP contribution >= 0.6 is 15.9 Å². The van der Waals surface area contributed by atoms with Crippen molar-refractivity contribution in [2.75, 3.05) is 25.9 Å². The van der Waals surface area contributed by atoms with Gasteiger partial charge in [-0.2, -0.15) is 4.31 Å². The average Bonchev–Trinajstić information content (AvgIpc) is 2.30. The van der Waals surface area contributed by atoms with E-state index in [0.29, 0.717) is 6.54 Å². The number of nitrogens with zero attached hydrogens (tertiary/aromatic N) is 2. The van der Waals surface area contributed by atoms with E-state index in [0.717, 1.165) is 24.1 Å². The zero-order valence-corrected chi connectivity index (χ0v) is 13.6. The van der Waals surface area contributed by atoms with Gasteiger partial charge in [-0.15, -0.1) is 0 Å². The van der Waals surface area contributed by atoms with E-state index in [4.69, 9.17) is 0 Å². The Balaban J connectivity index is 1.97. The number of sulfonamides is 1. The smallest absolute Gasteiger partial charge is 0.211 e.